The van der Waals surface area contributed by atoms with Crippen molar-refractivity contribution in [3.8, 4) is 11.5 Å². The summed E-state index contributed by atoms with van der Waals surface area (Å²) in [6.45, 7) is 8.30. The molecule has 5 aromatic rings. The van der Waals surface area contributed by atoms with E-state index >= 15 is 0 Å². The molecule has 1 amide bonds. The Morgan fingerprint density at radius 3 is 2.65 bits per heavy atom. The predicted molar refractivity (Wildman–Crippen MR) is 162 cm³/mol. The lowest BCUT2D eigenvalue weighted by Gasteiger charge is -2.15. The number of hydrogen-bond donors (Lipinski definition) is 1. The van der Waals surface area contributed by atoms with E-state index in [2.05, 4.69) is 35.0 Å². The summed E-state index contributed by atoms with van der Waals surface area (Å²) in [6, 6.07) is 23.4. The van der Waals surface area contributed by atoms with Crippen molar-refractivity contribution in [2.45, 2.75) is 32.4 Å². The van der Waals surface area contributed by atoms with Crippen LogP contribution in [0.15, 0.2) is 91.5 Å². The van der Waals surface area contributed by atoms with Crippen LogP contribution in [-0.4, -0.2) is 39.9 Å². The molecule has 0 fully saturated rings. The highest BCUT2D eigenvalue weighted by molar-refractivity contribution is 6.76. The molecule has 5 rings (SSSR count). The molecule has 0 aliphatic rings. The lowest BCUT2D eigenvalue weighted by Crippen LogP contribution is -2.21. The summed E-state index contributed by atoms with van der Waals surface area (Å²) < 4.78 is 15.7. The van der Waals surface area contributed by atoms with Crippen LogP contribution >= 0.6 is 0 Å². The summed E-state index contributed by atoms with van der Waals surface area (Å²) in [5.41, 5.74) is 2.97. The number of nitrogens with zero attached hydrogens (tertiary/aromatic N) is 4. The van der Waals surface area contributed by atoms with Gasteiger partial charge in [-0.1, -0.05) is 43.9 Å². The van der Waals surface area contributed by atoms with Gasteiger partial charge < -0.3 is 19.4 Å². The summed E-state index contributed by atoms with van der Waals surface area (Å²) in [5.74, 6) is 1.10. The Morgan fingerprint density at radius 2 is 1.82 bits per heavy atom. The first-order valence-electron chi connectivity index (χ1n) is 13.2. The van der Waals surface area contributed by atoms with Gasteiger partial charge in [-0.3, -0.25) is 4.79 Å². The predicted octanol–water partition coefficient (Wildman–Crippen LogP) is 7.22. The average Bonchev–Trinajstić information content (AvgIpc) is 3.56. The molecule has 0 saturated heterocycles. The van der Waals surface area contributed by atoms with Gasteiger partial charge in [0, 0.05) is 55.8 Å². The van der Waals surface area contributed by atoms with Crippen LogP contribution in [0.25, 0.3) is 23.2 Å². The van der Waals surface area contributed by atoms with Crippen molar-refractivity contribution < 1.29 is 14.3 Å². The summed E-state index contributed by atoms with van der Waals surface area (Å²) >= 11 is 0. The Bertz CT molecular complexity index is 1620. The standard InChI is InChI=1S/C31H33N5O3Si/c1-40(2,3)17-16-38-23-35-21-27(32-22-35)14-15-36-30-19-29(13-12-25(30)20-33-36)39-28-11-7-10-26(18-28)34-31(37)24-8-5-4-6-9-24/h4-15,18-22H,16-17,23H2,1-3H3,(H,34,37). The smallest absolute Gasteiger partial charge is 0.255 e. The van der Waals surface area contributed by atoms with Crippen molar-refractivity contribution in [1.29, 1.82) is 0 Å². The number of carbonyl (C=O) groups is 1. The second kappa shape index (κ2) is 12.1. The maximum absolute atomic E-state index is 12.5. The summed E-state index contributed by atoms with van der Waals surface area (Å²) in [4.78, 5) is 17.0. The lowest BCUT2D eigenvalue weighted by atomic mass is 10.2. The number of anilines is 1. The average molecular weight is 552 g/mol. The minimum absolute atomic E-state index is 0.172. The molecule has 2 heterocycles. The summed E-state index contributed by atoms with van der Waals surface area (Å²) in [6.07, 6.45) is 9.34. The molecule has 0 aliphatic carbocycles. The third-order valence-electron chi connectivity index (χ3n) is 6.21. The zero-order chi connectivity index (χ0) is 28.0. The normalized spacial score (nSPS) is 11.8. The zero-order valence-corrected chi connectivity index (χ0v) is 23.9. The van der Waals surface area contributed by atoms with E-state index in [-0.39, 0.29) is 5.91 Å². The molecule has 0 aliphatic heterocycles. The first-order valence-corrected chi connectivity index (χ1v) is 16.9. The fourth-order valence-electron chi connectivity index (χ4n) is 4.00. The second-order valence-corrected chi connectivity index (χ2v) is 16.4. The molecule has 1 N–H and O–H groups in total. The molecule has 0 bridgehead atoms. The number of benzene rings is 3. The first-order chi connectivity index (χ1) is 19.3. The Kier molecular flexibility index (Phi) is 8.23. The lowest BCUT2D eigenvalue weighted by molar-refractivity contribution is 0.0871. The Morgan fingerprint density at radius 1 is 1.00 bits per heavy atom. The highest BCUT2D eigenvalue weighted by Crippen LogP contribution is 2.28. The first kappa shape index (κ1) is 27.1. The van der Waals surface area contributed by atoms with Crippen molar-refractivity contribution in [3.63, 3.8) is 0 Å². The van der Waals surface area contributed by atoms with E-state index < -0.39 is 8.07 Å². The van der Waals surface area contributed by atoms with E-state index in [1.807, 2.05) is 83.8 Å². The van der Waals surface area contributed by atoms with Gasteiger partial charge >= 0.3 is 0 Å². The topological polar surface area (TPSA) is 83.2 Å². The monoisotopic (exact) mass is 551 g/mol. The molecular weight excluding hydrogens is 518 g/mol. The minimum atomic E-state index is -1.10. The number of hydrogen-bond acceptors (Lipinski definition) is 5. The number of imidazole rings is 1. The Labute approximate surface area is 234 Å². The highest BCUT2D eigenvalue weighted by Gasteiger charge is 2.12. The molecule has 40 heavy (non-hydrogen) atoms. The van der Waals surface area contributed by atoms with E-state index in [0.717, 1.165) is 29.2 Å². The second-order valence-electron chi connectivity index (χ2n) is 10.7. The molecular formula is C31H33N5O3Si. The largest absolute Gasteiger partial charge is 0.457 e. The minimum Gasteiger partial charge on any atom is -0.457 e. The number of nitrogens with one attached hydrogen (secondary N) is 1. The Balaban J connectivity index is 1.23. The molecule has 2 aromatic heterocycles. The van der Waals surface area contributed by atoms with Gasteiger partial charge in [0.2, 0.25) is 0 Å². The van der Waals surface area contributed by atoms with E-state index in [9.17, 15) is 4.79 Å². The zero-order valence-electron chi connectivity index (χ0n) is 22.9. The number of amides is 1. The fraction of sp³-hybridized carbons (Fsp3) is 0.194. The van der Waals surface area contributed by atoms with Crippen LogP contribution in [0, 0.1) is 0 Å². The van der Waals surface area contributed by atoms with E-state index in [1.165, 1.54) is 0 Å². The van der Waals surface area contributed by atoms with Gasteiger partial charge in [0.25, 0.3) is 5.91 Å². The fourth-order valence-corrected chi connectivity index (χ4v) is 4.75. The number of ether oxygens (including phenoxy) is 2. The quantitative estimate of drug-likeness (QED) is 0.138. The highest BCUT2D eigenvalue weighted by atomic mass is 28.3. The Hall–Kier alpha value is -4.47. The molecule has 204 valence electrons. The van der Waals surface area contributed by atoms with Gasteiger partial charge in [0.1, 0.15) is 18.2 Å². The number of aromatic nitrogens is 4. The molecule has 9 heteroatoms. The van der Waals surface area contributed by atoms with Crippen LogP contribution in [0.2, 0.25) is 25.7 Å². The van der Waals surface area contributed by atoms with Crippen LogP contribution in [0.1, 0.15) is 16.1 Å². The van der Waals surface area contributed by atoms with Crippen LogP contribution < -0.4 is 10.1 Å². The van der Waals surface area contributed by atoms with Crippen molar-refractivity contribution in [3.05, 3.63) is 103 Å². The number of rotatable bonds is 11. The van der Waals surface area contributed by atoms with Crippen LogP contribution in [-0.2, 0) is 11.5 Å². The van der Waals surface area contributed by atoms with Gasteiger partial charge in [0.05, 0.1) is 23.7 Å². The van der Waals surface area contributed by atoms with Crippen LogP contribution in [0.5, 0.6) is 11.5 Å². The van der Waals surface area contributed by atoms with Crippen LogP contribution in [0.3, 0.4) is 0 Å². The van der Waals surface area contributed by atoms with Gasteiger partial charge in [-0.05, 0) is 48.5 Å². The SMILES string of the molecule is C[Si](C)(C)CCOCn1cnc(C=Cn2ncc3ccc(Oc4cccc(NC(=O)c5ccccc5)c4)cc32)c1. The molecule has 0 spiro atoms. The number of fused-ring (bicyclic) bond motifs is 1. The third kappa shape index (κ3) is 7.34. The molecule has 3 aromatic carbocycles. The van der Waals surface area contributed by atoms with Gasteiger partial charge in [0.15, 0.2) is 0 Å². The summed E-state index contributed by atoms with van der Waals surface area (Å²) in [7, 11) is -1.10. The maximum Gasteiger partial charge on any atom is 0.255 e. The van der Waals surface area contributed by atoms with Crippen molar-refractivity contribution in [2.75, 3.05) is 11.9 Å². The molecule has 0 atom stereocenters. The van der Waals surface area contributed by atoms with Crippen LogP contribution in [0.4, 0.5) is 5.69 Å². The maximum atomic E-state index is 12.5. The van der Waals surface area contributed by atoms with Crippen molar-refractivity contribution >= 4 is 42.8 Å². The molecule has 0 unspecified atom stereocenters. The van der Waals surface area contributed by atoms with Crippen molar-refractivity contribution in [2.24, 2.45) is 0 Å². The van der Waals surface area contributed by atoms with Gasteiger partial charge in [-0.2, -0.15) is 5.10 Å². The van der Waals surface area contributed by atoms with Crippen molar-refractivity contribution in [1.82, 2.24) is 19.3 Å². The van der Waals surface area contributed by atoms with E-state index in [0.29, 0.717) is 29.5 Å². The van der Waals surface area contributed by atoms with E-state index in [1.54, 1.807) is 29.2 Å². The summed E-state index contributed by atoms with van der Waals surface area (Å²) in [5, 5.41) is 8.40. The number of carbonyl (C=O) groups excluding carboxylic acids is 1. The van der Waals surface area contributed by atoms with Gasteiger partial charge in [-0.25, -0.2) is 9.67 Å². The molecule has 8 nitrogen and oxygen atoms in total. The third-order valence-corrected chi connectivity index (χ3v) is 7.91. The van der Waals surface area contributed by atoms with Gasteiger partial charge in [-0.15, -0.1) is 0 Å². The van der Waals surface area contributed by atoms with E-state index in [4.69, 9.17) is 9.47 Å². The molecule has 0 radical (unpaired) electrons. The molecule has 0 saturated carbocycles.